The van der Waals surface area contributed by atoms with Crippen LogP contribution in [-0.4, -0.2) is 5.11 Å². The van der Waals surface area contributed by atoms with Crippen LogP contribution in [0.5, 0.6) is 0 Å². The molecule has 0 fully saturated rings. The van der Waals surface area contributed by atoms with Crippen LogP contribution >= 0.6 is 0 Å². The molecule has 1 N–H and O–H groups in total. The zero-order valence-corrected chi connectivity index (χ0v) is 17.0. The van der Waals surface area contributed by atoms with Gasteiger partial charge in [-0.15, -0.1) is 0 Å². The van der Waals surface area contributed by atoms with Crippen LogP contribution in [-0.2, 0) is 6.61 Å². The van der Waals surface area contributed by atoms with Gasteiger partial charge in [0.15, 0.2) is 0 Å². The smallest absolute Gasteiger partial charge is 0.142 e. The van der Waals surface area contributed by atoms with Crippen molar-refractivity contribution in [3.63, 3.8) is 0 Å². The molecule has 0 atom stereocenters. The number of furan rings is 1. The van der Waals surface area contributed by atoms with Crippen LogP contribution in [0, 0.1) is 0 Å². The number of hydrogen-bond donors (Lipinski definition) is 1. The first-order chi connectivity index (χ1) is 15.3. The van der Waals surface area contributed by atoms with Gasteiger partial charge in [0, 0.05) is 16.7 Å². The molecule has 2 nitrogen and oxygen atoms in total. The number of rotatable bonds is 5. The van der Waals surface area contributed by atoms with Gasteiger partial charge in [0.25, 0.3) is 0 Å². The molecule has 0 aliphatic carbocycles. The lowest BCUT2D eigenvalue weighted by Crippen LogP contribution is -1.87. The number of hydrogen-bond acceptors (Lipinski definition) is 2. The Hall–Kier alpha value is -3.88. The first kappa shape index (κ1) is 21.4. The Morgan fingerprint density at radius 1 is 0.531 bits per heavy atom. The summed E-state index contributed by atoms with van der Waals surface area (Å²) in [5.41, 5.74) is 7.29. The van der Waals surface area contributed by atoms with Crippen LogP contribution in [0.3, 0.4) is 0 Å². The molecule has 0 aliphatic heterocycles. The molecule has 5 rings (SSSR count). The average molecular weight is 419 g/mol. The van der Waals surface area contributed by atoms with E-state index in [9.17, 15) is 5.11 Å². The molecule has 0 saturated carbocycles. The summed E-state index contributed by atoms with van der Waals surface area (Å²) in [7, 11) is 0. The van der Waals surface area contributed by atoms with E-state index in [2.05, 4.69) is 48.5 Å². The Bertz CT molecular complexity index is 1240. The quantitative estimate of drug-likeness (QED) is 0.313. The molecular formula is C30H26O2. The topological polar surface area (TPSA) is 33.4 Å². The van der Waals surface area contributed by atoms with Crippen LogP contribution in [0.15, 0.2) is 120 Å². The van der Waals surface area contributed by atoms with E-state index in [1.807, 2.05) is 66.7 Å². The molecule has 0 bridgehead atoms. The van der Waals surface area contributed by atoms with Crippen LogP contribution in [0.4, 0.5) is 0 Å². The van der Waals surface area contributed by atoms with E-state index >= 15 is 0 Å². The second-order valence-corrected chi connectivity index (χ2v) is 7.49. The van der Waals surface area contributed by atoms with E-state index in [1.54, 1.807) is 0 Å². The highest BCUT2D eigenvalue weighted by Gasteiger charge is 2.18. The van der Waals surface area contributed by atoms with E-state index in [4.69, 9.17) is 4.42 Å². The maximum Gasteiger partial charge on any atom is 0.142 e. The number of benzene rings is 4. The molecule has 1 aromatic heterocycles. The van der Waals surface area contributed by atoms with Crippen molar-refractivity contribution in [2.75, 3.05) is 0 Å². The average Bonchev–Trinajstić information content (AvgIpc) is 3.31. The molecule has 158 valence electrons. The molecular weight excluding hydrogens is 392 g/mol. The lowest BCUT2D eigenvalue weighted by atomic mass is 9.96. The molecule has 0 amide bonds. The maximum absolute atomic E-state index is 9.57. The van der Waals surface area contributed by atoms with Crippen molar-refractivity contribution in [3.05, 3.63) is 121 Å². The Balaban J connectivity index is 0.00000245. The third-order valence-electron chi connectivity index (χ3n) is 5.47. The molecule has 0 aliphatic rings. The largest absolute Gasteiger partial charge is 0.455 e. The molecule has 32 heavy (non-hydrogen) atoms. The van der Waals surface area contributed by atoms with Crippen LogP contribution in [0.1, 0.15) is 13.0 Å². The predicted molar refractivity (Wildman–Crippen MR) is 133 cm³/mol. The van der Waals surface area contributed by atoms with Gasteiger partial charge in [0.05, 0.1) is 6.61 Å². The summed E-state index contributed by atoms with van der Waals surface area (Å²) in [4.78, 5) is 0. The van der Waals surface area contributed by atoms with Crippen molar-refractivity contribution in [2.24, 2.45) is 0 Å². The molecule has 5 aromatic rings. The van der Waals surface area contributed by atoms with Gasteiger partial charge in [-0.2, -0.15) is 0 Å². The zero-order valence-electron chi connectivity index (χ0n) is 17.0. The van der Waals surface area contributed by atoms with E-state index in [0.29, 0.717) is 0 Å². The first-order valence-electron chi connectivity index (χ1n) is 10.4. The molecule has 2 heteroatoms. The SMILES string of the molecule is C.OCc1cccc(-c2ccccc2-c2cc(-c3ccccc3)c(-c3ccccc3)o2)c1. The first-order valence-corrected chi connectivity index (χ1v) is 10.4. The van der Waals surface area contributed by atoms with Crippen LogP contribution in [0.2, 0.25) is 0 Å². The fraction of sp³-hybridized carbons (Fsp3) is 0.0667. The van der Waals surface area contributed by atoms with E-state index < -0.39 is 0 Å². The number of aliphatic hydroxyl groups excluding tert-OH is 1. The van der Waals surface area contributed by atoms with Gasteiger partial charge in [-0.1, -0.05) is 111 Å². The summed E-state index contributed by atoms with van der Waals surface area (Å²) in [6.07, 6.45) is 0. The second-order valence-electron chi connectivity index (χ2n) is 7.49. The fourth-order valence-corrected chi connectivity index (χ4v) is 3.95. The van der Waals surface area contributed by atoms with Gasteiger partial charge >= 0.3 is 0 Å². The van der Waals surface area contributed by atoms with Crippen molar-refractivity contribution < 1.29 is 9.52 Å². The molecule has 0 radical (unpaired) electrons. The lowest BCUT2D eigenvalue weighted by Gasteiger charge is -2.09. The van der Waals surface area contributed by atoms with Crippen molar-refractivity contribution in [2.45, 2.75) is 14.0 Å². The highest BCUT2D eigenvalue weighted by atomic mass is 16.3. The summed E-state index contributed by atoms with van der Waals surface area (Å²) >= 11 is 0. The maximum atomic E-state index is 9.57. The third kappa shape index (κ3) is 4.14. The molecule has 1 heterocycles. The Morgan fingerprint density at radius 3 is 1.81 bits per heavy atom. The normalized spacial score (nSPS) is 10.5. The van der Waals surface area contributed by atoms with Crippen LogP contribution in [0.25, 0.3) is 44.9 Å². The van der Waals surface area contributed by atoms with Gasteiger partial charge in [0.2, 0.25) is 0 Å². The van der Waals surface area contributed by atoms with Crippen molar-refractivity contribution in [3.8, 4) is 44.9 Å². The predicted octanol–water partition coefficient (Wildman–Crippen LogP) is 8.08. The number of aliphatic hydroxyl groups is 1. The lowest BCUT2D eigenvalue weighted by molar-refractivity contribution is 0.282. The van der Waals surface area contributed by atoms with Crippen molar-refractivity contribution in [1.82, 2.24) is 0 Å². The van der Waals surface area contributed by atoms with Crippen molar-refractivity contribution >= 4 is 0 Å². The second kappa shape index (κ2) is 9.51. The minimum atomic E-state index is 0. The minimum absolute atomic E-state index is 0. The van der Waals surface area contributed by atoms with E-state index in [-0.39, 0.29) is 14.0 Å². The summed E-state index contributed by atoms with van der Waals surface area (Å²) in [5, 5.41) is 9.57. The van der Waals surface area contributed by atoms with Crippen molar-refractivity contribution in [1.29, 1.82) is 0 Å². The highest BCUT2D eigenvalue weighted by molar-refractivity contribution is 5.88. The Morgan fingerprint density at radius 2 is 1.12 bits per heavy atom. The van der Waals surface area contributed by atoms with Gasteiger partial charge in [-0.25, -0.2) is 0 Å². The molecule has 4 aromatic carbocycles. The molecule has 0 spiro atoms. The monoisotopic (exact) mass is 418 g/mol. The minimum Gasteiger partial charge on any atom is -0.455 e. The molecule has 0 saturated heterocycles. The summed E-state index contributed by atoms with van der Waals surface area (Å²) < 4.78 is 6.51. The zero-order chi connectivity index (χ0) is 21.0. The third-order valence-corrected chi connectivity index (χ3v) is 5.47. The Labute approximate surface area is 189 Å². The van der Waals surface area contributed by atoms with Gasteiger partial charge in [0.1, 0.15) is 11.5 Å². The Kier molecular flexibility index (Phi) is 6.34. The summed E-state index contributed by atoms with van der Waals surface area (Å²) in [6.45, 7) is 0.0209. The highest BCUT2D eigenvalue weighted by Crippen LogP contribution is 2.41. The van der Waals surface area contributed by atoms with Gasteiger partial charge in [-0.05, 0) is 34.4 Å². The fourth-order valence-electron chi connectivity index (χ4n) is 3.95. The van der Waals surface area contributed by atoms with E-state index in [0.717, 1.165) is 50.5 Å². The summed E-state index contributed by atoms with van der Waals surface area (Å²) in [5.74, 6) is 1.68. The van der Waals surface area contributed by atoms with E-state index in [1.165, 1.54) is 0 Å². The van der Waals surface area contributed by atoms with Gasteiger partial charge in [-0.3, -0.25) is 0 Å². The van der Waals surface area contributed by atoms with Gasteiger partial charge < -0.3 is 9.52 Å². The standard InChI is InChI=1S/C29H22O2.CH4/c30-20-21-10-9-15-24(18-21)25-16-7-8-17-26(25)28-19-27(22-11-3-1-4-12-22)29(31-28)23-13-5-2-6-14-23;/h1-19,30H,20H2;1H4. The summed E-state index contributed by atoms with van der Waals surface area (Å²) in [6, 6.07) is 38.9. The van der Waals surface area contributed by atoms with Crippen LogP contribution < -0.4 is 0 Å². The molecule has 0 unspecified atom stereocenters.